The zero-order valence-electron chi connectivity index (χ0n) is 13.5. The smallest absolute Gasteiger partial charge is 0.326 e. The van der Waals surface area contributed by atoms with E-state index in [9.17, 15) is 4.79 Å². The normalized spacial score (nSPS) is 31.0. The first-order chi connectivity index (χ1) is 10.2. The average molecular weight is 298 g/mol. The first kappa shape index (κ1) is 16.7. The molecule has 0 amide bonds. The molecule has 1 heterocycles. The van der Waals surface area contributed by atoms with Gasteiger partial charge in [-0.2, -0.15) is 0 Å². The lowest BCUT2D eigenvalue weighted by atomic mass is 9.78. The maximum atomic E-state index is 12.5. The minimum atomic E-state index is -0.479. The monoisotopic (exact) mass is 298 g/mol. The Hall–Kier alpha value is -0.650. The Kier molecular flexibility index (Phi) is 6.45. The molecule has 2 fully saturated rings. The second kappa shape index (κ2) is 8.11. The molecule has 1 aliphatic carbocycles. The molecule has 0 bridgehead atoms. The van der Waals surface area contributed by atoms with Gasteiger partial charge in [0.1, 0.15) is 5.54 Å². The third-order valence-electron chi connectivity index (χ3n) is 4.67. The third-order valence-corrected chi connectivity index (χ3v) is 4.67. The summed E-state index contributed by atoms with van der Waals surface area (Å²) >= 11 is 0. The number of carbonyl (C=O) groups is 1. The van der Waals surface area contributed by atoms with E-state index in [4.69, 9.17) is 9.47 Å². The standard InChI is InChI=1S/C16H30N2O3/c1-3-8-17-16(15(19)21-4-2)7-5-6-14(13-16)18-9-11-20-12-10-18/h14,17H,3-13H2,1-2H3. The summed E-state index contributed by atoms with van der Waals surface area (Å²) in [4.78, 5) is 15.0. The molecule has 5 nitrogen and oxygen atoms in total. The molecule has 0 aromatic carbocycles. The number of ether oxygens (including phenoxy) is 2. The van der Waals surface area contributed by atoms with E-state index in [1.165, 1.54) is 6.42 Å². The van der Waals surface area contributed by atoms with Crippen LogP contribution < -0.4 is 5.32 Å². The second-order valence-electron chi connectivity index (χ2n) is 6.13. The lowest BCUT2D eigenvalue weighted by Gasteiger charge is -2.44. The van der Waals surface area contributed by atoms with Crippen molar-refractivity contribution in [3.05, 3.63) is 0 Å². The van der Waals surface area contributed by atoms with Crippen LogP contribution in [0.4, 0.5) is 0 Å². The minimum absolute atomic E-state index is 0.0589. The van der Waals surface area contributed by atoms with E-state index in [2.05, 4.69) is 17.1 Å². The van der Waals surface area contributed by atoms with Crippen molar-refractivity contribution in [2.45, 2.75) is 57.5 Å². The Morgan fingerprint density at radius 3 is 2.81 bits per heavy atom. The molecular weight excluding hydrogens is 268 g/mol. The number of hydrogen-bond acceptors (Lipinski definition) is 5. The predicted octanol–water partition coefficient (Wildman–Crippen LogP) is 1.56. The van der Waals surface area contributed by atoms with Crippen LogP contribution in [0.15, 0.2) is 0 Å². The number of hydrogen-bond donors (Lipinski definition) is 1. The van der Waals surface area contributed by atoms with Crippen molar-refractivity contribution < 1.29 is 14.3 Å². The molecule has 2 atom stereocenters. The van der Waals surface area contributed by atoms with Gasteiger partial charge >= 0.3 is 5.97 Å². The first-order valence-corrected chi connectivity index (χ1v) is 8.46. The maximum Gasteiger partial charge on any atom is 0.326 e. The Labute approximate surface area is 128 Å². The van der Waals surface area contributed by atoms with Crippen LogP contribution in [0.2, 0.25) is 0 Å². The summed E-state index contributed by atoms with van der Waals surface area (Å²) in [6, 6.07) is 0.469. The Bertz CT molecular complexity index is 331. The SMILES string of the molecule is CCCNC1(C(=O)OCC)CCCC(N2CCOCC2)C1. The summed E-state index contributed by atoms with van der Waals surface area (Å²) in [5, 5.41) is 3.51. The Balaban J connectivity index is 2.05. The van der Waals surface area contributed by atoms with Crippen LogP contribution in [0, 0.1) is 0 Å². The zero-order chi connectivity index (χ0) is 15.1. The third kappa shape index (κ3) is 4.18. The average Bonchev–Trinajstić information content (AvgIpc) is 2.54. The van der Waals surface area contributed by atoms with Gasteiger partial charge in [-0.3, -0.25) is 9.69 Å². The van der Waals surface area contributed by atoms with Gasteiger partial charge in [-0.15, -0.1) is 0 Å². The topological polar surface area (TPSA) is 50.8 Å². The van der Waals surface area contributed by atoms with Gasteiger partial charge in [-0.05, 0) is 45.6 Å². The summed E-state index contributed by atoms with van der Waals surface area (Å²) in [6.07, 6.45) is 5.05. The van der Waals surface area contributed by atoms with Crippen molar-refractivity contribution in [2.24, 2.45) is 0 Å². The van der Waals surface area contributed by atoms with Gasteiger partial charge in [-0.1, -0.05) is 6.92 Å². The van der Waals surface area contributed by atoms with Crippen molar-refractivity contribution in [1.29, 1.82) is 0 Å². The molecule has 2 rings (SSSR count). The minimum Gasteiger partial charge on any atom is -0.465 e. The first-order valence-electron chi connectivity index (χ1n) is 8.46. The Morgan fingerprint density at radius 2 is 2.14 bits per heavy atom. The molecule has 1 saturated carbocycles. The van der Waals surface area contributed by atoms with Gasteiger partial charge in [0.05, 0.1) is 19.8 Å². The summed E-state index contributed by atoms with van der Waals surface area (Å²) in [6.45, 7) is 8.93. The summed E-state index contributed by atoms with van der Waals surface area (Å²) < 4.78 is 10.8. The summed E-state index contributed by atoms with van der Waals surface area (Å²) in [7, 11) is 0. The number of carbonyl (C=O) groups excluding carboxylic acids is 1. The van der Waals surface area contributed by atoms with Crippen molar-refractivity contribution in [3.63, 3.8) is 0 Å². The Morgan fingerprint density at radius 1 is 1.38 bits per heavy atom. The molecule has 21 heavy (non-hydrogen) atoms. The highest BCUT2D eigenvalue weighted by Gasteiger charge is 2.44. The van der Waals surface area contributed by atoms with Gasteiger partial charge in [0.15, 0.2) is 0 Å². The highest BCUT2D eigenvalue weighted by molar-refractivity contribution is 5.81. The molecule has 0 radical (unpaired) electrons. The van der Waals surface area contributed by atoms with Gasteiger partial charge in [0, 0.05) is 19.1 Å². The van der Waals surface area contributed by atoms with Crippen LogP contribution in [0.25, 0.3) is 0 Å². The highest BCUT2D eigenvalue weighted by atomic mass is 16.5. The molecule has 0 spiro atoms. The maximum absolute atomic E-state index is 12.5. The molecule has 1 N–H and O–H groups in total. The van der Waals surface area contributed by atoms with E-state index in [0.717, 1.165) is 58.5 Å². The number of esters is 1. The predicted molar refractivity (Wildman–Crippen MR) is 82.3 cm³/mol. The van der Waals surface area contributed by atoms with Crippen LogP contribution in [-0.2, 0) is 14.3 Å². The molecule has 5 heteroatoms. The molecular formula is C16H30N2O3. The van der Waals surface area contributed by atoms with Crippen LogP contribution in [0.1, 0.15) is 46.0 Å². The molecule has 0 aromatic heterocycles. The molecule has 1 saturated heterocycles. The fourth-order valence-corrected chi connectivity index (χ4v) is 3.55. The van der Waals surface area contributed by atoms with Gasteiger partial charge in [0.25, 0.3) is 0 Å². The lowest BCUT2D eigenvalue weighted by molar-refractivity contribution is -0.154. The van der Waals surface area contributed by atoms with Crippen LogP contribution in [0.3, 0.4) is 0 Å². The largest absolute Gasteiger partial charge is 0.465 e. The fourth-order valence-electron chi connectivity index (χ4n) is 3.55. The van der Waals surface area contributed by atoms with E-state index < -0.39 is 5.54 Å². The van der Waals surface area contributed by atoms with Crippen molar-refractivity contribution >= 4 is 5.97 Å². The molecule has 2 unspecified atom stereocenters. The molecule has 1 aliphatic heterocycles. The second-order valence-corrected chi connectivity index (χ2v) is 6.13. The van der Waals surface area contributed by atoms with E-state index in [0.29, 0.717) is 12.6 Å². The zero-order valence-corrected chi connectivity index (χ0v) is 13.5. The summed E-state index contributed by atoms with van der Waals surface area (Å²) in [5.74, 6) is -0.0589. The van der Waals surface area contributed by atoms with E-state index in [1.54, 1.807) is 0 Å². The number of rotatable bonds is 6. The van der Waals surface area contributed by atoms with Gasteiger partial charge < -0.3 is 14.8 Å². The van der Waals surface area contributed by atoms with Gasteiger partial charge in [0.2, 0.25) is 0 Å². The fraction of sp³-hybridized carbons (Fsp3) is 0.938. The molecule has 122 valence electrons. The molecule has 0 aromatic rings. The quantitative estimate of drug-likeness (QED) is 0.754. The van der Waals surface area contributed by atoms with Crippen LogP contribution >= 0.6 is 0 Å². The molecule has 2 aliphatic rings. The highest BCUT2D eigenvalue weighted by Crippen LogP contribution is 2.33. The number of nitrogens with zero attached hydrogens (tertiary/aromatic N) is 1. The van der Waals surface area contributed by atoms with Crippen LogP contribution in [0.5, 0.6) is 0 Å². The van der Waals surface area contributed by atoms with Crippen molar-refractivity contribution in [2.75, 3.05) is 39.5 Å². The lowest BCUT2D eigenvalue weighted by Crippen LogP contribution is -2.60. The van der Waals surface area contributed by atoms with E-state index in [1.807, 2.05) is 6.92 Å². The van der Waals surface area contributed by atoms with Gasteiger partial charge in [-0.25, -0.2) is 0 Å². The number of nitrogens with one attached hydrogen (secondary N) is 1. The summed E-state index contributed by atoms with van der Waals surface area (Å²) in [5.41, 5.74) is -0.479. The van der Waals surface area contributed by atoms with Crippen molar-refractivity contribution in [3.8, 4) is 0 Å². The van der Waals surface area contributed by atoms with E-state index >= 15 is 0 Å². The number of morpholine rings is 1. The van der Waals surface area contributed by atoms with Crippen molar-refractivity contribution in [1.82, 2.24) is 10.2 Å². The van der Waals surface area contributed by atoms with Crippen LogP contribution in [-0.4, -0.2) is 61.9 Å². The van der Waals surface area contributed by atoms with E-state index in [-0.39, 0.29) is 5.97 Å².